The van der Waals surface area contributed by atoms with Crippen molar-refractivity contribution in [2.75, 3.05) is 31.1 Å². The normalized spacial score (nSPS) is 15.7. The summed E-state index contributed by atoms with van der Waals surface area (Å²) < 4.78 is 1.05. The average Bonchev–Trinajstić information content (AvgIpc) is 2.56. The number of anilines is 1. The van der Waals surface area contributed by atoms with Gasteiger partial charge in [-0.25, -0.2) is 0 Å². The van der Waals surface area contributed by atoms with E-state index in [4.69, 9.17) is 0 Å². The van der Waals surface area contributed by atoms with E-state index in [2.05, 4.69) is 55.4 Å². The lowest BCUT2D eigenvalue weighted by atomic mass is 10.2. The quantitative estimate of drug-likeness (QED) is 0.778. The number of para-hydroxylation sites is 1. The Hall–Kier alpha value is -1.88. The molecule has 0 atom stereocenters. The minimum atomic E-state index is 0.878. The third-order valence-electron chi connectivity index (χ3n) is 3.49. The Morgan fingerprint density at radius 3 is 2.14 bits per heavy atom. The largest absolute Gasteiger partial charge is 0.368 e. The molecule has 0 spiro atoms. The molecule has 0 radical (unpaired) electrons. The molecule has 2 aromatic carbocycles. The number of hydrogen-bond donors (Lipinski definition) is 0. The summed E-state index contributed by atoms with van der Waals surface area (Å²) in [6.07, 6.45) is 0. The Morgan fingerprint density at radius 2 is 1.48 bits per heavy atom. The van der Waals surface area contributed by atoms with Crippen LogP contribution in [0.3, 0.4) is 0 Å². The van der Waals surface area contributed by atoms with E-state index in [1.807, 2.05) is 35.3 Å². The second-order valence-electron chi connectivity index (χ2n) is 4.94. The van der Waals surface area contributed by atoms with Crippen molar-refractivity contribution >= 4 is 27.3 Å². The molecule has 0 bridgehead atoms. The van der Waals surface area contributed by atoms with Gasteiger partial charge < -0.3 is 4.90 Å². The third kappa shape index (κ3) is 3.82. The van der Waals surface area contributed by atoms with Crippen molar-refractivity contribution in [2.24, 2.45) is 10.3 Å². The zero-order valence-corrected chi connectivity index (χ0v) is 13.3. The van der Waals surface area contributed by atoms with Gasteiger partial charge in [0.15, 0.2) is 0 Å². The van der Waals surface area contributed by atoms with Crippen LogP contribution in [-0.4, -0.2) is 31.2 Å². The fourth-order valence-electron chi connectivity index (χ4n) is 2.30. The zero-order chi connectivity index (χ0) is 14.5. The van der Waals surface area contributed by atoms with Crippen molar-refractivity contribution in [3.05, 3.63) is 59.1 Å². The number of piperazine rings is 1. The van der Waals surface area contributed by atoms with Crippen LogP contribution >= 0.6 is 15.9 Å². The van der Waals surface area contributed by atoms with Crippen LogP contribution in [0, 0.1) is 0 Å². The van der Waals surface area contributed by atoms with Crippen LogP contribution < -0.4 is 4.90 Å². The molecule has 1 aliphatic rings. The van der Waals surface area contributed by atoms with Gasteiger partial charge in [-0.1, -0.05) is 39.4 Å². The Morgan fingerprint density at radius 1 is 0.810 bits per heavy atom. The molecule has 5 heteroatoms. The predicted octanol–water partition coefficient (Wildman–Crippen LogP) is 4.27. The van der Waals surface area contributed by atoms with E-state index < -0.39 is 0 Å². The summed E-state index contributed by atoms with van der Waals surface area (Å²) >= 11 is 3.41. The molecule has 3 rings (SSSR count). The first kappa shape index (κ1) is 14.1. The van der Waals surface area contributed by atoms with Gasteiger partial charge in [0.25, 0.3) is 0 Å². The second kappa shape index (κ2) is 6.72. The molecule has 0 saturated carbocycles. The monoisotopic (exact) mass is 344 g/mol. The highest BCUT2D eigenvalue weighted by molar-refractivity contribution is 9.10. The van der Waals surface area contributed by atoms with Gasteiger partial charge in [-0.15, -0.1) is 5.11 Å². The molecule has 1 fully saturated rings. The average molecular weight is 345 g/mol. The molecule has 1 aliphatic heterocycles. The number of nitrogens with zero attached hydrogens (tertiary/aromatic N) is 4. The van der Waals surface area contributed by atoms with Gasteiger partial charge in [0.05, 0.1) is 18.8 Å². The zero-order valence-electron chi connectivity index (χ0n) is 11.7. The minimum absolute atomic E-state index is 0.878. The lowest BCUT2D eigenvalue weighted by Gasteiger charge is -2.33. The van der Waals surface area contributed by atoms with Crippen molar-refractivity contribution < 1.29 is 0 Å². The van der Waals surface area contributed by atoms with Crippen LogP contribution in [0.2, 0.25) is 0 Å². The van der Waals surface area contributed by atoms with Crippen LogP contribution in [0.1, 0.15) is 0 Å². The summed E-state index contributed by atoms with van der Waals surface area (Å²) in [5.41, 5.74) is 2.16. The lowest BCUT2D eigenvalue weighted by molar-refractivity contribution is 0.254. The molecule has 0 N–H and O–H groups in total. The summed E-state index contributed by atoms with van der Waals surface area (Å²) in [7, 11) is 0. The Kier molecular flexibility index (Phi) is 4.50. The van der Waals surface area contributed by atoms with E-state index in [1.54, 1.807) is 0 Å². The first-order chi connectivity index (χ1) is 10.3. The van der Waals surface area contributed by atoms with E-state index in [1.165, 1.54) is 5.69 Å². The molecule has 0 amide bonds. The molecule has 0 aromatic heterocycles. The number of rotatable bonds is 3. The molecule has 1 saturated heterocycles. The molecule has 1 heterocycles. The van der Waals surface area contributed by atoms with Gasteiger partial charge in [0.2, 0.25) is 0 Å². The van der Waals surface area contributed by atoms with Crippen LogP contribution in [-0.2, 0) is 0 Å². The van der Waals surface area contributed by atoms with Gasteiger partial charge in [-0.05, 0) is 36.4 Å². The first-order valence-corrected chi connectivity index (χ1v) is 7.83. The Bertz CT molecular complexity index is 589. The maximum Gasteiger partial charge on any atom is 0.0875 e. The Labute approximate surface area is 133 Å². The van der Waals surface area contributed by atoms with Crippen molar-refractivity contribution in [2.45, 2.75) is 0 Å². The second-order valence-corrected chi connectivity index (χ2v) is 5.86. The summed E-state index contributed by atoms with van der Waals surface area (Å²) in [4.78, 5) is 2.38. The van der Waals surface area contributed by atoms with Gasteiger partial charge in [-0.2, -0.15) is 0 Å². The van der Waals surface area contributed by atoms with Gasteiger partial charge >= 0.3 is 0 Å². The van der Waals surface area contributed by atoms with E-state index in [0.717, 1.165) is 36.3 Å². The Balaban J connectivity index is 1.55. The van der Waals surface area contributed by atoms with Crippen LogP contribution in [0.4, 0.5) is 11.4 Å². The summed E-state index contributed by atoms with van der Waals surface area (Å²) in [5.74, 6) is 0. The highest BCUT2D eigenvalue weighted by Crippen LogP contribution is 2.19. The predicted molar refractivity (Wildman–Crippen MR) is 88.9 cm³/mol. The third-order valence-corrected chi connectivity index (χ3v) is 4.02. The fraction of sp³-hybridized carbons (Fsp3) is 0.250. The SMILES string of the molecule is Brc1ccc(N=NN2CCN(c3ccccc3)CC2)cc1. The molecule has 21 heavy (non-hydrogen) atoms. The topological polar surface area (TPSA) is 31.2 Å². The van der Waals surface area contributed by atoms with Crippen molar-refractivity contribution in [1.29, 1.82) is 0 Å². The van der Waals surface area contributed by atoms with Crippen LogP contribution in [0.5, 0.6) is 0 Å². The number of benzene rings is 2. The molecule has 2 aromatic rings. The van der Waals surface area contributed by atoms with Crippen molar-refractivity contribution in [1.82, 2.24) is 5.01 Å². The molecule has 108 valence electrons. The molecular formula is C16H17BrN4. The fourth-order valence-corrected chi connectivity index (χ4v) is 2.57. The summed E-state index contributed by atoms with van der Waals surface area (Å²) in [5, 5.41) is 10.6. The molecular weight excluding hydrogens is 328 g/mol. The standard InChI is InChI=1S/C16H17BrN4/c17-14-6-8-15(9-7-14)18-19-21-12-10-20(11-13-21)16-4-2-1-3-5-16/h1-9H,10-13H2. The maximum absolute atomic E-state index is 4.33. The number of halogens is 1. The smallest absolute Gasteiger partial charge is 0.0875 e. The first-order valence-electron chi connectivity index (χ1n) is 7.03. The molecule has 4 nitrogen and oxygen atoms in total. The van der Waals surface area contributed by atoms with E-state index >= 15 is 0 Å². The molecule has 0 aliphatic carbocycles. The van der Waals surface area contributed by atoms with E-state index in [0.29, 0.717) is 0 Å². The highest BCUT2D eigenvalue weighted by atomic mass is 79.9. The van der Waals surface area contributed by atoms with Crippen LogP contribution in [0.25, 0.3) is 0 Å². The van der Waals surface area contributed by atoms with E-state index in [-0.39, 0.29) is 0 Å². The van der Waals surface area contributed by atoms with Gasteiger partial charge in [0, 0.05) is 23.2 Å². The molecule has 0 unspecified atom stereocenters. The maximum atomic E-state index is 4.33. The summed E-state index contributed by atoms with van der Waals surface area (Å²) in [6, 6.07) is 18.4. The summed E-state index contributed by atoms with van der Waals surface area (Å²) in [6.45, 7) is 3.75. The van der Waals surface area contributed by atoms with Crippen molar-refractivity contribution in [3.63, 3.8) is 0 Å². The highest BCUT2D eigenvalue weighted by Gasteiger charge is 2.15. The van der Waals surface area contributed by atoms with Gasteiger partial charge in [-0.3, -0.25) is 5.01 Å². The minimum Gasteiger partial charge on any atom is -0.368 e. The van der Waals surface area contributed by atoms with E-state index in [9.17, 15) is 0 Å². The van der Waals surface area contributed by atoms with Crippen LogP contribution in [0.15, 0.2) is 69.4 Å². The van der Waals surface area contributed by atoms with Crippen molar-refractivity contribution in [3.8, 4) is 0 Å². The van der Waals surface area contributed by atoms with Gasteiger partial charge in [0.1, 0.15) is 0 Å². The lowest BCUT2D eigenvalue weighted by Crippen LogP contribution is -2.43. The number of hydrogen-bond acceptors (Lipinski definition) is 3.